The second-order valence-corrected chi connectivity index (χ2v) is 6.93. The number of carbonyl (C=O) groups excluding carboxylic acids is 1. The number of aromatic amines is 1. The third-order valence-corrected chi connectivity index (χ3v) is 5.00. The normalized spacial score (nSPS) is 11.1. The van der Waals surface area contributed by atoms with Gasteiger partial charge in [-0.3, -0.25) is 4.79 Å². The lowest BCUT2D eigenvalue weighted by molar-refractivity contribution is 0.102. The van der Waals surface area contributed by atoms with Crippen LogP contribution in [0.25, 0.3) is 21.7 Å². The van der Waals surface area contributed by atoms with Crippen LogP contribution < -0.4 is 5.32 Å². The van der Waals surface area contributed by atoms with E-state index in [1.54, 1.807) is 0 Å². The van der Waals surface area contributed by atoms with Gasteiger partial charge in [-0.25, -0.2) is 0 Å². The van der Waals surface area contributed by atoms with Crippen LogP contribution in [0, 0.1) is 6.92 Å². The molecule has 3 heterocycles. The average molecular weight is 352 g/mol. The fourth-order valence-corrected chi connectivity index (χ4v) is 3.49. The Morgan fingerprint density at radius 3 is 2.96 bits per heavy atom. The number of rotatable bonds is 4. The SMILES string of the molecule is CCc1nnc(-c2cc(NC(=O)c3ccc4cc[nH]c4c3)c(C)s2)o1. The molecule has 0 radical (unpaired) electrons. The molecule has 4 aromatic rings. The van der Waals surface area contributed by atoms with E-state index < -0.39 is 0 Å². The molecular formula is C18H16N4O2S. The number of H-pyrrole nitrogens is 1. The molecule has 7 heteroatoms. The van der Waals surface area contributed by atoms with Gasteiger partial charge in [-0.15, -0.1) is 21.5 Å². The molecule has 25 heavy (non-hydrogen) atoms. The van der Waals surface area contributed by atoms with Crippen molar-refractivity contribution in [3.63, 3.8) is 0 Å². The van der Waals surface area contributed by atoms with Gasteiger partial charge in [-0.1, -0.05) is 13.0 Å². The van der Waals surface area contributed by atoms with E-state index in [1.807, 2.05) is 50.4 Å². The highest BCUT2D eigenvalue weighted by atomic mass is 32.1. The highest BCUT2D eigenvalue weighted by Gasteiger charge is 2.15. The molecule has 3 aromatic heterocycles. The molecule has 0 saturated heterocycles. The van der Waals surface area contributed by atoms with Crippen molar-refractivity contribution in [2.75, 3.05) is 5.32 Å². The lowest BCUT2D eigenvalue weighted by atomic mass is 10.1. The third kappa shape index (κ3) is 2.94. The van der Waals surface area contributed by atoms with Crippen molar-refractivity contribution >= 4 is 33.8 Å². The zero-order chi connectivity index (χ0) is 17.4. The highest BCUT2D eigenvalue weighted by molar-refractivity contribution is 7.15. The summed E-state index contributed by atoms with van der Waals surface area (Å²) in [5.74, 6) is 0.938. The van der Waals surface area contributed by atoms with Crippen molar-refractivity contribution in [3.8, 4) is 10.8 Å². The first kappa shape index (κ1) is 15.6. The topological polar surface area (TPSA) is 83.8 Å². The van der Waals surface area contributed by atoms with Crippen LogP contribution in [0.3, 0.4) is 0 Å². The molecule has 0 spiro atoms. The van der Waals surface area contributed by atoms with Crippen LogP contribution in [-0.4, -0.2) is 21.1 Å². The highest BCUT2D eigenvalue weighted by Crippen LogP contribution is 2.33. The molecule has 0 atom stereocenters. The van der Waals surface area contributed by atoms with E-state index in [0.717, 1.165) is 26.3 Å². The Morgan fingerprint density at radius 2 is 2.16 bits per heavy atom. The van der Waals surface area contributed by atoms with Crippen molar-refractivity contribution in [2.24, 2.45) is 0 Å². The maximum Gasteiger partial charge on any atom is 0.257 e. The van der Waals surface area contributed by atoms with Crippen LogP contribution in [0.15, 0.2) is 40.9 Å². The standard InChI is InChI=1S/C18H16N4O2S/c1-3-16-21-22-18(24-16)15-9-13(10(2)25-15)20-17(23)12-5-4-11-6-7-19-14(11)8-12/h4-9,19H,3H2,1-2H3,(H,20,23). The van der Waals surface area contributed by atoms with E-state index in [-0.39, 0.29) is 5.91 Å². The summed E-state index contributed by atoms with van der Waals surface area (Å²) in [4.78, 5) is 17.5. The number of aryl methyl sites for hydroxylation is 2. The lowest BCUT2D eigenvalue weighted by Gasteiger charge is -2.04. The maximum absolute atomic E-state index is 12.6. The Hall–Kier alpha value is -2.93. The smallest absolute Gasteiger partial charge is 0.257 e. The van der Waals surface area contributed by atoms with Gasteiger partial charge in [-0.2, -0.15) is 0 Å². The summed E-state index contributed by atoms with van der Waals surface area (Å²) in [6.07, 6.45) is 2.55. The minimum Gasteiger partial charge on any atom is -0.420 e. The summed E-state index contributed by atoms with van der Waals surface area (Å²) >= 11 is 1.52. The summed E-state index contributed by atoms with van der Waals surface area (Å²) in [5, 5.41) is 12.1. The summed E-state index contributed by atoms with van der Waals surface area (Å²) < 4.78 is 5.59. The first-order valence-electron chi connectivity index (χ1n) is 7.95. The third-order valence-electron chi connectivity index (χ3n) is 3.96. The van der Waals surface area contributed by atoms with E-state index in [2.05, 4.69) is 20.5 Å². The van der Waals surface area contributed by atoms with Gasteiger partial charge in [0.15, 0.2) is 0 Å². The Kier molecular flexibility index (Phi) is 3.85. The van der Waals surface area contributed by atoms with E-state index >= 15 is 0 Å². The van der Waals surface area contributed by atoms with E-state index in [0.29, 0.717) is 23.8 Å². The number of amides is 1. The number of hydrogen-bond acceptors (Lipinski definition) is 5. The van der Waals surface area contributed by atoms with Crippen LogP contribution in [-0.2, 0) is 6.42 Å². The molecule has 0 aliphatic carbocycles. The minimum atomic E-state index is -0.149. The molecule has 2 N–H and O–H groups in total. The Morgan fingerprint density at radius 1 is 1.28 bits per heavy atom. The van der Waals surface area contributed by atoms with Crippen LogP contribution in [0.2, 0.25) is 0 Å². The Balaban J connectivity index is 1.58. The molecule has 0 bridgehead atoms. The summed E-state index contributed by atoms with van der Waals surface area (Å²) in [6, 6.07) is 9.44. The predicted molar refractivity (Wildman–Crippen MR) is 98.0 cm³/mol. The maximum atomic E-state index is 12.6. The second-order valence-electron chi connectivity index (χ2n) is 5.67. The molecule has 1 amide bonds. The zero-order valence-electron chi connectivity index (χ0n) is 13.8. The van der Waals surface area contributed by atoms with E-state index in [4.69, 9.17) is 4.42 Å². The van der Waals surface area contributed by atoms with Gasteiger partial charge in [0.1, 0.15) is 0 Å². The molecule has 0 aliphatic rings. The van der Waals surface area contributed by atoms with Gasteiger partial charge in [0.25, 0.3) is 11.8 Å². The molecule has 0 fully saturated rings. The first-order valence-corrected chi connectivity index (χ1v) is 8.77. The van der Waals surface area contributed by atoms with Crippen molar-refractivity contribution in [2.45, 2.75) is 20.3 Å². The molecule has 0 aliphatic heterocycles. The van der Waals surface area contributed by atoms with Crippen LogP contribution in [0.1, 0.15) is 28.0 Å². The lowest BCUT2D eigenvalue weighted by Crippen LogP contribution is -2.11. The van der Waals surface area contributed by atoms with Crippen molar-refractivity contribution in [1.82, 2.24) is 15.2 Å². The number of hydrogen-bond donors (Lipinski definition) is 2. The number of anilines is 1. The molecular weight excluding hydrogens is 336 g/mol. The van der Waals surface area contributed by atoms with Gasteiger partial charge in [0, 0.05) is 28.6 Å². The molecule has 6 nitrogen and oxygen atoms in total. The summed E-state index contributed by atoms with van der Waals surface area (Å²) in [6.45, 7) is 3.92. The number of nitrogens with one attached hydrogen (secondary N) is 2. The van der Waals surface area contributed by atoms with Crippen LogP contribution >= 0.6 is 11.3 Å². The number of aromatic nitrogens is 3. The molecule has 126 valence electrons. The Labute approximate surface area is 147 Å². The van der Waals surface area contributed by atoms with Crippen LogP contribution in [0.5, 0.6) is 0 Å². The molecule has 4 rings (SSSR count). The number of nitrogens with zero attached hydrogens (tertiary/aromatic N) is 2. The summed E-state index contributed by atoms with van der Waals surface area (Å²) in [5.41, 5.74) is 2.30. The quantitative estimate of drug-likeness (QED) is 0.570. The largest absolute Gasteiger partial charge is 0.420 e. The van der Waals surface area contributed by atoms with Crippen LogP contribution in [0.4, 0.5) is 5.69 Å². The minimum absolute atomic E-state index is 0.149. The average Bonchev–Trinajstić information content (AvgIpc) is 3.33. The predicted octanol–water partition coefficient (Wildman–Crippen LogP) is 4.40. The van der Waals surface area contributed by atoms with E-state index in [9.17, 15) is 4.79 Å². The van der Waals surface area contributed by atoms with Gasteiger partial charge >= 0.3 is 0 Å². The number of carbonyl (C=O) groups is 1. The van der Waals surface area contributed by atoms with Gasteiger partial charge in [0.2, 0.25) is 5.89 Å². The molecule has 1 aromatic carbocycles. The number of fused-ring (bicyclic) bond motifs is 1. The van der Waals surface area contributed by atoms with E-state index in [1.165, 1.54) is 11.3 Å². The van der Waals surface area contributed by atoms with Gasteiger partial charge in [0.05, 0.1) is 10.6 Å². The summed E-state index contributed by atoms with van der Waals surface area (Å²) in [7, 11) is 0. The fraction of sp³-hybridized carbons (Fsp3) is 0.167. The monoisotopic (exact) mass is 352 g/mol. The van der Waals surface area contributed by atoms with Gasteiger partial charge in [-0.05, 0) is 36.6 Å². The number of benzene rings is 1. The molecule has 0 unspecified atom stereocenters. The van der Waals surface area contributed by atoms with Crippen molar-refractivity contribution < 1.29 is 9.21 Å². The van der Waals surface area contributed by atoms with Gasteiger partial charge < -0.3 is 14.7 Å². The molecule has 0 saturated carbocycles. The number of thiophene rings is 1. The second kappa shape index (κ2) is 6.18. The zero-order valence-corrected chi connectivity index (χ0v) is 14.6. The van der Waals surface area contributed by atoms with Crippen molar-refractivity contribution in [3.05, 3.63) is 52.9 Å². The first-order chi connectivity index (χ1) is 12.1. The fourth-order valence-electron chi connectivity index (χ4n) is 2.59. The van der Waals surface area contributed by atoms with Crippen molar-refractivity contribution in [1.29, 1.82) is 0 Å². The Bertz CT molecular complexity index is 1060.